The molecule has 0 amide bonds. The van der Waals surface area contributed by atoms with E-state index in [1.54, 1.807) is 28.4 Å². The molecule has 2 saturated carbocycles. The first-order valence-electron chi connectivity index (χ1n) is 24.7. The van der Waals surface area contributed by atoms with E-state index in [-0.39, 0.29) is 29.2 Å². The molecule has 0 aliphatic heterocycles. The van der Waals surface area contributed by atoms with Crippen molar-refractivity contribution in [3.8, 4) is 23.0 Å². The van der Waals surface area contributed by atoms with Crippen LogP contribution in [0.25, 0.3) is 0 Å². The predicted molar refractivity (Wildman–Crippen MR) is 307 cm³/mol. The summed E-state index contributed by atoms with van der Waals surface area (Å²) in [5.74, 6) is 6.58. The predicted octanol–water partition coefficient (Wildman–Crippen LogP) is 12.8. The molecule has 0 spiro atoms. The van der Waals surface area contributed by atoms with Gasteiger partial charge in [0.25, 0.3) is 0 Å². The van der Waals surface area contributed by atoms with Crippen molar-refractivity contribution in [3.63, 3.8) is 0 Å². The van der Waals surface area contributed by atoms with Crippen LogP contribution in [0.2, 0.25) is 0 Å². The van der Waals surface area contributed by atoms with Crippen LogP contribution < -0.4 is 40.2 Å². The van der Waals surface area contributed by atoms with Gasteiger partial charge in [0.2, 0.25) is 0 Å². The van der Waals surface area contributed by atoms with Gasteiger partial charge >= 0.3 is 0 Å². The van der Waals surface area contributed by atoms with Crippen molar-refractivity contribution in [3.05, 3.63) is 227 Å². The molecule has 0 saturated heterocycles. The van der Waals surface area contributed by atoms with E-state index in [1.807, 2.05) is 0 Å². The minimum absolute atomic E-state index is 0. The summed E-state index contributed by atoms with van der Waals surface area (Å²) in [6, 6.07) is 40.5. The molecule has 0 bridgehead atoms. The van der Waals surface area contributed by atoms with E-state index in [9.17, 15) is 0 Å². The Balaban J connectivity index is 0.000000235. The van der Waals surface area contributed by atoms with Crippen molar-refractivity contribution in [1.29, 1.82) is 0 Å². The van der Waals surface area contributed by atoms with E-state index >= 15 is 0 Å². The van der Waals surface area contributed by atoms with Gasteiger partial charge in [-0.3, -0.25) is 0 Å². The fraction of sp³-hybridized carbons (Fsp3) is 0.281. The van der Waals surface area contributed by atoms with Crippen molar-refractivity contribution in [2.24, 2.45) is 0 Å². The zero-order chi connectivity index (χ0) is 52.0. The van der Waals surface area contributed by atoms with Crippen LogP contribution in [-0.4, -0.2) is 66.4 Å². The average Bonchev–Trinajstić information content (AvgIpc) is 4.00. The van der Waals surface area contributed by atoms with Crippen molar-refractivity contribution >= 4 is 37.1 Å². The summed E-state index contributed by atoms with van der Waals surface area (Å²) in [6.07, 6.45) is 13.7. The first kappa shape index (κ1) is 58.1. The number of benzene rings is 6. The Labute approximate surface area is 453 Å². The minimum atomic E-state index is -0.815. The second kappa shape index (κ2) is 26.0. The molecule has 0 N–H and O–H groups in total. The topological polar surface area (TPSA) is 43.4 Å². The molecule has 9 heteroatoms. The summed E-state index contributed by atoms with van der Waals surface area (Å²) in [6.45, 7) is 17.2. The number of hydrogen-bond donors (Lipinski definition) is 0. The molecule has 2 atom stereocenters. The maximum absolute atomic E-state index is 5.71. The molecule has 2 aliphatic rings. The average molecular weight is 1050 g/mol. The van der Waals surface area contributed by atoms with Crippen LogP contribution in [0.4, 0.5) is 0 Å². The monoisotopic (exact) mass is 1050 g/mol. The van der Waals surface area contributed by atoms with Crippen molar-refractivity contribution < 1.29 is 36.0 Å². The van der Waals surface area contributed by atoms with Crippen LogP contribution in [0.5, 0.6) is 23.0 Å². The van der Waals surface area contributed by atoms with Crippen LogP contribution in [-0.2, 0) is 17.1 Å². The number of methoxy groups -OCH3 is 4. The Morgan fingerprint density at radius 3 is 0.795 bits per heavy atom. The number of aryl methyl sites for hydroxylation is 8. The molecule has 0 heterocycles. The Morgan fingerprint density at radius 2 is 0.589 bits per heavy atom. The van der Waals surface area contributed by atoms with E-state index in [0.717, 1.165) is 23.0 Å². The Morgan fingerprint density at radius 1 is 0.356 bits per heavy atom. The SMILES string of the molecule is COc1c(C)cc(P([C]2[CH][CH][CH][C]2[C@H](c2ccccc2)N(C)C)c2cc(C)c(OC)c(C)c2)cc1C.COc1c(C)cc(P([C]2[CH][CH][CH][C]2[C@H](c2ccccc2)N(C)C)c2cc(C)c(OC)c(C)c2)cc1C.[Fe]. The molecular weight excluding hydrogens is 979 g/mol. The van der Waals surface area contributed by atoms with Gasteiger partial charge in [0.15, 0.2) is 0 Å². The normalized spacial score (nSPS) is 15.4. The third-order valence-electron chi connectivity index (χ3n) is 13.6. The smallest absolute Gasteiger partial charge is 0.124 e. The van der Waals surface area contributed by atoms with Crippen molar-refractivity contribution in [1.82, 2.24) is 9.80 Å². The fourth-order valence-corrected chi connectivity index (χ4v) is 16.5. The summed E-state index contributed by atoms with van der Waals surface area (Å²) in [4.78, 5) is 4.63. The Hall–Kier alpha value is -4.18. The molecule has 2 aliphatic carbocycles. The molecule has 6 aromatic carbocycles. The summed E-state index contributed by atoms with van der Waals surface area (Å²) in [7, 11) is 14.1. The maximum Gasteiger partial charge on any atom is 0.124 e. The van der Waals surface area contributed by atoms with Crippen molar-refractivity contribution in [2.75, 3.05) is 56.6 Å². The van der Waals surface area contributed by atoms with Gasteiger partial charge in [-0.15, -0.1) is 0 Å². The summed E-state index contributed by atoms with van der Waals surface area (Å²) >= 11 is 0. The third kappa shape index (κ3) is 12.7. The number of hydrogen-bond acceptors (Lipinski definition) is 6. The Bertz CT molecular complexity index is 2370. The summed E-state index contributed by atoms with van der Waals surface area (Å²) in [5, 5.41) is 5.34. The van der Waals surface area contributed by atoms with Gasteiger partial charge in [-0.1, -0.05) is 60.7 Å². The van der Waals surface area contributed by atoms with Gasteiger partial charge in [-0.25, -0.2) is 0 Å². The molecule has 73 heavy (non-hydrogen) atoms. The van der Waals surface area contributed by atoms with Crippen LogP contribution >= 0.6 is 15.8 Å². The summed E-state index contributed by atoms with van der Waals surface area (Å²) < 4.78 is 22.8. The minimum Gasteiger partial charge on any atom is -0.496 e. The van der Waals surface area contributed by atoms with Gasteiger partial charge in [0.1, 0.15) is 23.0 Å². The second-order valence-corrected chi connectivity index (χ2v) is 23.8. The fourth-order valence-electron chi connectivity index (χ4n) is 10.9. The zero-order valence-electron chi connectivity index (χ0n) is 45.8. The van der Waals surface area contributed by atoms with E-state index < -0.39 is 15.8 Å². The Kier molecular flexibility index (Phi) is 20.7. The van der Waals surface area contributed by atoms with Crippen LogP contribution in [0.1, 0.15) is 67.7 Å². The van der Waals surface area contributed by atoms with E-state index in [2.05, 4.69) is 241 Å². The maximum atomic E-state index is 5.71. The van der Waals surface area contributed by atoms with Gasteiger partial charge in [0.05, 0.1) is 28.4 Å². The number of nitrogens with zero attached hydrogens (tertiary/aromatic N) is 2. The van der Waals surface area contributed by atoms with Crippen LogP contribution in [0.3, 0.4) is 0 Å². The molecule has 8 rings (SSSR count). The van der Waals surface area contributed by atoms with Gasteiger partial charge in [-0.05, 0) is 263 Å². The molecule has 0 aromatic heterocycles. The largest absolute Gasteiger partial charge is 0.496 e. The molecule has 0 unspecified atom stereocenters. The third-order valence-corrected chi connectivity index (χ3v) is 18.5. The first-order valence-corrected chi connectivity index (χ1v) is 27.4. The first-order chi connectivity index (χ1) is 34.5. The molecule has 10 radical (unpaired) electrons. The van der Waals surface area contributed by atoms with Crippen LogP contribution in [0.15, 0.2) is 109 Å². The molecular formula is C64H74FeN2O4P2. The number of ether oxygens (including phenoxy) is 4. The standard InChI is InChI=1S/2C32H37NO2P.Fe/c2*1-21-17-26(18-22(2)31(21)34-7)36(27-19-23(3)32(35-8)24(4)20-27)29-16-12-15-28(29)30(33(5)6)25-13-10-9-11-14-25;/h2*9-20,30H,1-8H3;/t2*30-;/m00./s1. The molecule has 6 nitrogen and oxygen atoms in total. The van der Waals surface area contributed by atoms with Gasteiger partial charge in [0, 0.05) is 52.3 Å². The second-order valence-electron chi connectivity index (χ2n) is 19.4. The van der Waals surface area contributed by atoms with E-state index in [4.69, 9.17) is 18.9 Å². The molecule has 2 fully saturated rings. The van der Waals surface area contributed by atoms with Gasteiger partial charge < -0.3 is 28.7 Å². The quantitative estimate of drug-likeness (QED) is 0.0711. The zero-order valence-corrected chi connectivity index (χ0v) is 48.7. The molecule has 382 valence electrons. The summed E-state index contributed by atoms with van der Waals surface area (Å²) in [5.41, 5.74) is 14.7. The van der Waals surface area contributed by atoms with E-state index in [0.29, 0.717) is 0 Å². The van der Waals surface area contributed by atoms with Crippen molar-refractivity contribution in [2.45, 2.75) is 67.5 Å². The number of rotatable bonds is 16. The van der Waals surface area contributed by atoms with Gasteiger partial charge in [-0.2, -0.15) is 0 Å². The van der Waals surface area contributed by atoms with Crippen LogP contribution in [0, 0.1) is 117 Å². The van der Waals surface area contributed by atoms with E-state index in [1.165, 1.54) is 100 Å². The molecule has 6 aromatic rings.